The van der Waals surface area contributed by atoms with E-state index in [9.17, 15) is 13.2 Å². The van der Waals surface area contributed by atoms with Crippen LogP contribution in [0, 0.1) is 0 Å². The quantitative estimate of drug-likeness (QED) is 0.760. The lowest BCUT2D eigenvalue weighted by atomic mass is 9.99. The second-order valence-corrected chi connectivity index (χ2v) is 9.86. The monoisotopic (exact) mass is 414 g/mol. The number of carbonyl (C=O) groups excluding carboxylic acids is 1. The van der Waals surface area contributed by atoms with Crippen molar-refractivity contribution in [3.05, 3.63) is 59.4 Å². The van der Waals surface area contributed by atoms with Crippen LogP contribution in [0.15, 0.2) is 47.6 Å². The van der Waals surface area contributed by atoms with E-state index in [1.165, 1.54) is 0 Å². The third-order valence-corrected chi connectivity index (χ3v) is 7.74. The molecule has 8 heteroatoms. The fourth-order valence-electron chi connectivity index (χ4n) is 4.04. The Bertz CT molecular complexity index is 1010. The molecule has 1 aromatic carbocycles. The van der Waals surface area contributed by atoms with E-state index >= 15 is 0 Å². The van der Waals surface area contributed by atoms with Crippen LogP contribution >= 0.6 is 0 Å². The van der Waals surface area contributed by atoms with Crippen LogP contribution in [0.2, 0.25) is 0 Å². The fourth-order valence-corrected chi connectivity index (χ4v) is 5.58. The summed E-state index contributed by atoms with van der Waals surface area (Å²) < 4.78 is 27.9. The predicted octanol–water partition coefficient (Wildman–Crippen LogP) is 1.60. The smallest absolute Gasteiger partial charge is 0.255 e. The highest BCUT2D eigenvalue weighted by Crippen LogP contribution is 2.27. The number of aromatic nitrogens is 1. The molecule has 0 bridgehead atoms. The molecule has 2 aliphatic rings. The molecule has 0 radical (unpaired) electrons. The molecule has 29 heavy (non-hydrogen) atoms. The van der Waals surface area contributed by atoms with Crippen LogP contribution < -0.4 is 0 Å². The third kappa shape index (κ3) is 3.92. The largest absolute Gasteiger partial charge is 0.334 e. The van der Waals surface area contributed by atoms with Crippen molar-refractivity contribution < 1.29 is 13.2 Å². The Morgan fingerprint density at radius 3 is 2.69 bits per heavy atom. The van der Waals surface area contributed by atoms with Gasteiger partial charge in [0, 0.05) is 44.6 Å². The van der Waals surface area contributed by atoms with Crippen LogP contribution in [0.4, 0.5) is 0 Å². The molecule has 1 atom stereocenters. The summed E-state index contributed by atoms with van der Waals surface area (Å²) in [6, 6.07) is 9.09. The minimum absolute atomic E-state index is 0.0784. The highest BCUT2D eigenvalue weighted by molar-refractivity contribution is 7.89. The van der Waals surface area contributed by atoms with Gasteiger partial charge in [-0.05, 0) is 62.3 Å². The summed E-state index contributed by atoms with van der Waals surface area (Å²) in [5.41, 5.74) is 2.55. The van der Waals surface area contributed by atoms with Gasteiger partial charge in [0.15, 0.2) is 0 Å². The second-order valence-electron chi connectivity index (χ2n) is 7.92. The lowest BCUT2D eigenvalue weighted by molar-refractivity contribution is 0.0734. The number of sulfonamides is 1. The van der Waals surface area contributed by atoms with E-state index in [2.05, 4.69) is 9.88 Å². The summed E-state index contributed by atoms with van der Waals surface area (Å²) in [6.07, 6.45) is 4.75. The lowest BCUT2D eigenvalue weighted by Crippen LogP contribution is -2.36. The molecule has 154 valence electrons. The van der Waals surface area contributed by atoms with Gasteiger partial charge in [0.25, 0.3) is 5.91 Å². The normalized spacial score (nSPS) is 20.1. The average Bonchev–Trinajstić information content (AvgIpc) is 3.24. The summed E-state index contributed by atoms with van der Waals surface area (Å²) in [6.45, 7) is 2.07. The van der Waals surface area contributed by atoms with Crippen LogP contribution in [0.5, 0.6) is 0 Å². The van der Waals surface area contributed by atoms with Crippen LogP contribution in [-0.4, -0.2) is 73.2 Å². The van der Waals surface area contributed by atoms with Gasteiger partial charge in [-0.1, -0.05) is 6.07 Å². The molecule has 1 aromatic heterocycles. The number of amides is 1. The molecule has 1 saturated heterocycles. The molecule has 2 aromatic rings. The van der Waals surface area contributed by atoms with Crippen molar-refractivity contribution in [2.24, 2.45) is 0 Å². The lowest BCUT2D eigenvalue weighted by Gasteiger charge is -2.29. The van der Waals surface area contributed by atoms with Crippen LogP contribution in [0.3, 0.4) is 0 Å². The maximum absolute atomic E-state index is 13.1. The summed E-state index contributed by atoms with van der Waals surface area (Å²) in [4.78, 5) is 20.9. The molecular formula is C21H26N4O3S. The number of rotatable bonds is 4. The first-order valence-corrected chi connectivity index (χ1v) is 11.3. The SMILES string of the molecule is CN(C)[C@H]1CCN(S(=O)(=O)c2ccc3c(c2)CN(C(=O)c2cccnc2)CC3)C1. The molecule has 1 amide bonds. The maximum atomic E-state index is 13.1. The van der Waals surface area contributed by atoms with E-state index in [-0.39, 0.29) is 11.9 Å². The Morgan fingerprint density at radius 2 is 2.00 bits per heavy atom. The van der Waals surface area contributed by atoms with Gasteiger partial charge in [0.1, 0.15) is 0 Å². The first kappa shape index (κ1) is 20.0. The molecule has 0 N–H and O–H groups in total. The number of pyridine rings is 1. The van der Waals surface area contributed by atoms with Crippen LogP contribution in [0.1, 0.15) is 27.9 Å². The molecule has 0 unspecified atom stereocenters. The summed E-state index contributed by atoms with van der Waals surface area (Å²) >= 11 is 0. The van der Waals surface area contributed by atoms with E-state index in [1.807, 2.05) is 20.2 Å². The number of nitrogens with zero attached hydrogens (tertiary/aromatic N) is 4. The number of hydrogen-bond donors (Lipinski definition) is 0. The van der Waals surface area contributed by atoms with Gasteiger partial charge in [-0.15, -0.1) is 0 Å². The summed E-state index contributed by atoms with van der Waals surface area (Å²) in [5, 5.41) is 0. The maximum Gasteiger partial charge on any atom is 0.255 e. The van der Waals surface area contributed by atoms with Crippen molar-refractivity contribution in [1.29, 1.82) is 0 Å². The highest BCUT2D eigenvalue weighted by atomic mass is 32.2. The Labute approximate surface area is 172 Å². The molecule has 7 nitrogen and oxygen atoms in total. The minimum atomic E-state index is -3.54. The van der Waals surface area contributed by atoms with Gasteiger partial charge in [-0.3, -0.25) is 9.78 Å². The van der Waals surface area contributed by atoms with E-state index in [0.717, 1.165) is 17.5 Å². The Hall–Kier alpha value is -2.29. The second kappa shape index (κ2) is 7.85. The van der Waals surface area contributed by atoms with E-state index in [4.69, 9.17) is 0 Å². The van der Waals surface area contributed by atoms with Crippen LogP contribution in [0.25, 0.3) is 0 Å². The zero-order chi connectivity index (χ0) is 20.6. The summed E-state index contributed by atoms with van der Waals surface area (Å²) in [7, 11) is 0.424. The van der Waals surface area contributed by atoms with Crippen molar-refractivity contribution in [1.82, 2.24) is 19.1 Å². The molecule has 0 saturated carbocycles. The Balaban J connectivity index is 1.55. The van der Waals surface area contributed by atoms with Crippen molar-refractivity contribution in [3.63, 3.8) is 0 Å². The average molecular weight is 415 g/mol. The van der Waals surface area contributed by atoms with Gasteiger partial charge >= 0.3 is 0 Å². The minimum Gasteiger partial charge on any atom is -0.334 e. The van der Waals surface area contributed by atoms with Gasteiger partial charge < -0.3 is 9.80 Å². The molecule has 0 aliphatic carbocycles. The number of carbonyl (C=O) groups is 1. The van der Waals surface area contributed by atoms with Crippen molar-refractivity contribution in [2.75, 3.05) is 33.7 Å². The van der Waals surface area contributed by atoms with Gasteiger partial charge in [0.05, 0.1) is 10.5 Å². The molecule has 0 spiro atoms. The molecule has 2 aliphatic heterocycles. The van der Waals surface area contributed by atoms with Crippen molar-refractivity contribution >= 4 is 15.9 Å². The highest BCUT2D eigenvalue weighted by Gasteiger charge is 2.34. The van der Waals surface area contributed by atoms with Crippen molar-refractivity contribution in [3.8, 4) is 0 Å². The van der Waals surface area contributed by atoms with E-state index in [0.29, 0.717) is 43.1 Å². The number of likely N-dealkylation sites (N-methyl/N-ethyl adjacent to an activating group) is 1. The standard InChI is InChI=1S/C21H26N4O3S/c1-23(2)19-8-11-25(15-19)29(27,28)20-6-5-16-7-10-24(14-18(16)12-20)21(26)17-4-3-9-22-13-17/h3-6,9,12-13,19H,7-8,10-11,14-15H2,1-2H3/t19-/m0/s1. The molecule has 4 rings (SSSR count). The number of benzene rings is 1. The fraction of sp³-hybridized carbons (Fsp3) is 0.429. The number of hydrogen-bond acceptors (Lipinski definition) is 5. The summed E-state index contributed by atoms with van der Waals surface area (Å²) in [5.74, 6) is -0.0784. The Kier molecular flexibility index (Phi) is 5.42. The molecule has 3 heterocycles. The Morgan fingerprint density at radius 1 is 1.17 bits per heavy atom. The number of fused-ring (bicyclic) bond motifs is 1. The first-order valence-electron chi connectivity index (χ1n) is 9.84. The van der Waals surface area contributed by atoms with Crippen molar-refractivity contribution in [2.45, 2.75) is 30.3 Å². The van der Waals surface area contributed by atoms with E-state index in [1.54, 1.807) is 45.9 Å². The topological polar surface area (TPSA) is 73.8 Å². The van der Waals surface area contributed by atoms with E-state index < -0.39 is 10.0 Å². The molecule has 1 fully saturated rings. The first-order chi connectivity index (χ1) is 13.9. The zero-order valence-electron chi connectivity index (χ0n) is 16.8. The van der Waals surface area contributed by atoms with Crippen LogP contribution in [-0.2, 0) is 23.0 Å². The molecular weight excluding hydrogens is 388 g/mol. The zero-order valence-corrected chi connectivity index (χ0v) is 17.6. The third-order valence-electron chi connectivity index (χ3n) is 5.88. The predicted molar refractivity (Wildman–Crippen MR) is 110 cm³/mol. The van der Waals surface area contributed by atoms with Gasteiger partial charge in [0.2, 0.25) is 10.0 Å². The van der Waals surface area contributed by atoms with Gasteiger partial charge in [-0.2, -0.15) is 4.31 Å². The van der Waals surface area contributed by atoms with Gasteiger partial charge in [-0.25, -0.2) is 8.42 Å².